The van der Waals surface area contributed by atoms with Gasteiger partial charge in [0.25, 0.3) is 5.69 Å². The van der Waals surface area contributed by atoms with Gasteiger partial charge in [-0.05, 0) is 17.7 Å². The third-order valence-corrected chi connectivity index (χ3v) is 3.29. The van der Waals surface area contributed by atoms with E-state index >= 15 is 0 Å². The van der Waals surface area contributed by atoms with Gasteiger partial charge in [-0.15, -0.1) is 0 Å². The molecule has 0 aromatic heterocycles. The molecular weight excluding hydrogens is 266 g/mol. The van der Waals surface area contributed by atoms with Gasteiger partial charge in [0.2, 0.25) is 0 Å². The van der Waals surface area contributed by atoms with Crippen molar-refractivity contribution in [2.45, 2.75) is 6.61 Å². The largest absolute Gasteiger partial charge is 0.488 e. The zero-order valence-electron chi connectivity index (χ0n) is 11.2. The van der Waals surface area contributed by atoms with Crippen LogP contribution in [0.2, 0.25) is 0 Å². The lowest BCUT2D eigenvalue weighted by Gasteiger charge is -2.09. The lowest BCUT2D eigenvalue weighted by molar-refractivity contribution is -0.383. The van der Waals surface area contributed by atoms with E-state index < -0.39 is 0 Å². The van der Waals surface area contributed by atoms with E-state index in [4.69, 9.17) is 4.74 Å². The first-order valence-electron chi connectivity index (χ1n) is 6.58. The number of nitrogens with zero attached hydrogens (tertiary/aromatic N) is 1. The molecule has 3 aromatic rings. The fourth-order valence-electron chi connectivity index (χ4n) is 2.28. The molecule has 21 heavy (non-hydrogen) atoms. The van der Waals surface area contributed by atoms with Gasteiger partial charge in [0, 0.05) is 11.5 Å². The van der Waals surface area contributed by atoms with Crippen LogP contribution in [0.1, 0.15) is 5.56 Å². The summed E-state index contributed by atoms with van der Waals surface area (Å²) in [6.07, 6.45) is 0. The van der Waals surface area contributed by atoms with Crippen LogP contribution in [0.5, 0.6) is 5.75 Å². The first-order valence-corrected chi connectivity index (χ1v) is 6.58. The summed E-state index contributed by atoms with van der Waals surface area (Å²) in [6.45, 7) is 0.433. The van der Waals surface area contributed by atoms with Gasteiger partial charge in [-0.25, -0.2) is 0 Å². The number of rotatable bonds is 4. The van der Waals surface area contributed by atoms with Crippen molar-refractivity contribution in [3.63, 3.8) is 0 Å². The minimum atomic E-state index is -0.372. The smallest absolute Gasteiger partial charge is 0.277 e. The molecule has 0 atom stereocenters. The Morgan fingerprint density at radius 2 is 1.52 bits per heavy atom. The minimum absolute atomic E-state index is 0.0951. The standard InChI is InChI=1S/C17H13NO3/c19-18(20)16-10-11-17(15-9-5-4-8-14(15)16)21-12-13-6-2-1-3-7-13/h1-11H,12H2. The Morgan fingerprint density at radius 3 is 2.24 bits per heavy atom. The molecule has 0 aliphatic carbocycles. The summed E-state index contributed by atoms with van der Waals surface area (Å²) in [6, 6.07) is 20.2. The summed E-state index contributed by atoms with van der Waals surface area (Å²) in [7, 11) is 0. The number of ether oxygens (including phenoxy) is 1. The van der Waals surface area contributed by atoms with Crippen LogP contribution < -0.4 is 4.74 Å². The molecule has 0 radical (unpaired) electrons. The molecule has 3 rings (SSSR count). The van der Waals surface area contributed by atoms with Crippen LogP contribution in [-0.4, -0.2) is 4.92 Å². The average Bonchev–Trinajstić information content (AvgIpc) is 2.53. The minimum Gasteiger partial charge on any atom is -0.488 e. The Balaban J connectivity index is 1.96. The monoisotopic (exact) mass is 279 g/mol. The van der Waals surface area contributed by atoms with E-state index in [2.05, 4.69) is 0 Å². The first kappa shape index (κ1) is 13.1. The van der Waals surface area contributed by atoms with E-state index in [1.807, 2.05) is 42.5 Å². The van der Waals surface area contributed by atoms with Crippen molar-refractivity contribution >= 4 is 16.5 Å². The third-order valence-electron chi connectivity index (χ3n) is 3.29. The van der Waals surface area contributed by atoms with Crippen molar-refractivity contribution in [3.8, 4) is 5.75 Å². The summed E-state index contributed by atoms with van der Waals surface area (Å²) >= 11 is 0. The third kappa shape index (κ3) is 2.69. The molecule has 0 heterocycles. The molecule has 104 valence electrons. The summed E-state index contributed by atoms with van der Waals surface area (Å²) in [5.74, 6) is 0.653. The van der Waals surface area contributed by atoms with Gasteiger partial charge < -0.3 is 4.74 Å². The van der Waals surface area contributed by atoms with E-state index in [1.54, 1.807) is 18.2 Å². The number of benzene rings is 3. The number of fused-ring (bicyclic) bond motifs is 1. The van der Waals surface area contributed by atoms with Crippen LogP contribution in [0.25, 0.3) is 10.8 Å². The fraction of sp³-hybridized carbons (Fsp3) is 0.0588. The molecule has 0 unspecified atom stereocenters. The molecule has 0 saturated carbocycles. The maximum absolute atomic E-state index is 11.1. The van der Waals surface area contributed by atoms with Gasteiger partial charge in [0.05, 0.1) is 10.3 Å². The van der Waals surface area contributed by atoms with E-state index in [0.717, 1.165) is 10.9 Å². The van der Waals surface area contributed by atoms with Crippen molar-refractivity contribution in [2.24, 2.45) is 0 Å². The molecule has 0 bridgehead atoms. The van der Waals surface area contributed by atoms with Gasteiger partial charge in [0.15, 0.2) is 0 Å². The summed E-state index contributed by atoms with van der Waals surface area (Å²) in [5, 5.41) is 12.4. The van der Waals surface area contributed by atoms with E-state index in [9.17, 15) is 10.1 Å². The van der Waals surface area contributed by atoms with Crippen LogP contribution in [0.4, 0.5) is 5.69 Å². The molecular formula is C17H13NO3. The molecule has 0 amide bonds. The number of nitro benzene ring substituents is 1. The molecule has 0 aliphatic heterocycles. The second-order valence-corrected chi connectivity index (χ2v) is 4.66. The quantitative estimate of drug-likeness (QED) is 0.527. The number of hydrogen-bond donors (Lipinski definition) is 0. The van der Waals surface area contributed by atoms with E-state index in [0.29, 0.717) is 17.7 Å². The number of nitro groups is 1. The molecule has 4 heteroatoms. The highest BCUT2D eigenvalue weighted by Gasteiger charge is 2.14. The Morgan fingerprint density at radius 1 is 0.857 bits per heavy atom. The molecule has 0 spiro atoms. The highest BCUT2D eigenvalue weighted by Crippen LogP contribution is 2.33. The van der Waals surface area contributed by atoms with Gasteiger partial charge in [-0.3, -0.25) is 10.1 Å². The average molecular weight is 279 g/mol. The predicted molar refractivity (Wildman–Crippen MR) is 81.4 cm³/mol. The second-order valence-electron chi connectivity index (χ2n) is 4.66. The van der Waals surface area contributed by atoms with Crippen LogP contribution in [0.15, 0.2) is 66.7 Å². The van der Waals surface area contributed by atoms with Gasteiger partial charge in [0.1, 0.15) is 12.4 Å². The number of non-ortho nitro benzene ring substituents is 1. The van der Waals surface area contributed by atoms with Crippen LogP contribution in [0.3, 0.4) is 0 Å². The van der Waals surface area contributed by atoms with Crippen LogP contribution in [0, 0.1) is 10.1 Å². The van der Waals surface area contributed by atoms with Crippen molar-refractivity contribution in [3.05, 3.63) is 82.4 Å². The zero-order chi connectivity index (χ0) is 14.7. The summed E-state index contributed by atoms with van der Waals surface area (Å²) in [4.78, 5) is 10.7. The molecule has 0 N–H and O–H groups in total. The van der Waals surface area contributed by atoms with Gasteiger partial charge >= 0.3 is 0 Å². The maximum Gasteiger partial charge on any atom is 0.277 e. The van der Waals surface area contributed by atoms with Gasteiger partial charge in [-0.1, -0.05) is 48.5 Å². The predicted octanol–water partition coefficient (Wildman–Crippen LogP) is 4.33. The molecule has 3 aromatic carbocycles. The van der Waals surface area contributed by atoms with Crippen molar-refractivity contribution < 1.29 is 9.66 Å². The second kappa shape index (κ2) is 5.63. The Labute approximate surface area is 121 Å². The van der Waals surface area contributed by atoms with E-state index in [-0.39, 0.29) is 10.6 Å². The maximum atomic E-state index is 11.1. The fourth-order valence-corrected chi connectivity index (χ4v) is 2.28. The highest BCUT2D eigenvalue weighted by atomic mass is 16.6. The first-order chi connectivity index (χ1) is 10.3. The SMILES string of the molecule is O=[N+]([O-])c1ccc(OCc2ccccc2)c2ccccc12. The molecule has 0 aliphatic rings. The zero-order valence-corrected chi connectivity index (χ0v) is 11.2. The summed E-state index contributed by atoms with van der Waals surface area (Å²) < 4.78 is 5.82. The highest BCUT2D eigenvalue weighted by molar-refractivity contribution is 5.95. The summed E-state index contributed by atoms with van der Waals surface area (Å²) in [5.41, 5.74) is 1.15. The lowest BCUT2D eigenvalue weighted by atomic mass is 10.1. The number of hydrogen-bond acceptors (Lipinski definition) is 3. The van der Waals surface area contributed by atoms with Crippen molar-refractivity contribution in [1.82, 2.24) is 0 Å². The topological polar surface area (TPSA) is 52.4 Å². The Kier molecular flexibility index (Phi) is 3.51. The van der Waals surface area contributed by atoms with Crippen LogP contribution in [-0.2, 0) is 6.61 Å². The lowest BCUT2D eigenvalue weighted by Crippen LogP contribution is -1.97. The van der Waals surface area contributed by atoms with Gasteiger partial charge in [-0.2, -0.15) is 0 Å². The molecule has 0 saturated heterocycles. The van der Waals surface area contributed by atoms with Crippen molar-refractivity contribution in [2.75, 3.05) is 0 Å². The molecule has 0 fully saturated rings. The van der Waals surface area contributed by atoms with E-state index in [1.165, 1.54) is 6.07 Å². The Bertz CT molecular complexity index is 784. The molecule has 4 nitrogen and oxygen atoms in total. The Hall–Kier alpha value is -2.88. The van der Waals surface area contributed by atoms with Crippen LogP contribution >= 0.6 is 0 Å². The van der Waals surface area contributed by atoms with Crippen molar-refractivity contribution in [1.29, 1.82) is 0 Å². The normalized spacial score (nSPS) is 10.5.